The molecule has 2 aromatic carbocycles. The van der Waals surface area contributed by atoms with Crippen molar-refractivity contribution in [2.75, 3.05) is 0 Å². The molecular weight excluding hydrogens is 410 g/mol. The summed E-state index contributed by atoms with van der Waals surface area (Å²) in [5, 5.41) is 21.0. The predicted molar refractivity (Wildman–Crippen MR) is 84.2 cm³/mol. The number of carboxylic acid groups (broad SMARTS) is 2. The molecule has 0 atom stereocenters. The third-order valence-corrected chi connectivity index (χ3v) is 2.72. The van der Waals surface area contributed by atoms with Crippen LogP contribution in [0.1, 0.15) is 34.6 Å². The van der Waals surface area contributed by atoms with Gasteiger partial charge in [0, 0.05) is 25.0 Å². The van der Waals surface area contributed by atoms with Crippen LogP contribution in [0.4, 0.5) is 0 Å². The maximum atomic E-state index is 10.6. The summed E-state index contributed by atoms with van der Waals surface area (Å²) in [5.41, 5.74) is -0.254. The van der Waals surface area contributed by atoms with Gasteiger partial charge < -0.3 is 29.3 Å². The average molecular weight is 424 g/mol. The molecule has 0 aliphatic rings. The van der Waals surface area contributed by atoms with Crippen molar-refractivity contribution in [1.82, 2.24) is 0 Å². The summed E-state index contributed by atoms with van der Waals surface area (Å²) in [5.74, 6) is -3.83. The molecule has 0 saturated heterocycles. The number of hydrogen-bond acceptors (Lipinski definition) is 8. The zero-order chi connectivity index (χ0) is 19.7. The molecule has 9 heteroatoms. The van der Waals surface area contributed by atoms with Crippen molar-refractivity contribution >= 4 is 23.9 Å². The van der Waals surface area contributed by atoms with Crippen LogP contribution in [0.2, 0.25) is 0 Å². The van der Waals surface area contributed by atoms with Crippen molar-refractivity contribution in [2.45, 2.75) is 13.8 Å². The fourth-order valence-electron chi connectivity index (χ4n) is 1.76. The molecule has 8 nitrogen and oxygen atoms in total. The minimum Gasteiger partial charge on any atom is -0.545 e. The fourth-order valence-corrected chi connectivity index (χ4v) is 1.76. The quantitative estimate of drug-likeness (QED) is 0.379. The van der Waals surface area contributed by atoms with Crippen LogP contribution in [0.25, 0.3) is 0 Å². The van der Waals surface area contributed by atoms with Gasteiger partial charge in [-0.1, -0.05) is 24.3 Å². The van der Waals surface area contributed by atoms with Gasteiger partial charge in [0.2, 0.25) is 0 Å². The van der Waals surface area contributed by atoms with E-state index in [1.807, 2.05) is 0 Å². The number of aromatic carboxylic acids is 2. The number of carbonyl (C=O) groups is 4. The van der Waals surface area contributed by atoms with E-state index in [-0.39, 0.29) is 42.1 Å². The Morgan fingerprint density at radius 2 is 0.963 bits per heavy atom. The molecular formula is C18H14O8Zn. The third kappa shape index (κ3) is 8.24. The molecule has 0 amide bonds. The monoisotopic (exact) mass is 422 g/mol. The molecule has 136 valence electrons. The van der Waals surface area contributed by atoms with Crippen LogP contribution in [-0.2, 0) is 29.1 Å². The van der Waals surface area contributed by atoms with Gasteiger partial charge in [0.25, 0.3) is 0 Å². The van der Waals surface area contributed by atoms with Crippen molar-refractivity contribution in [3.63, 3.8) is 0 Å². The fraction of sp³-hybridized carbons (Fsp3) is 0.111. The Morgan fingerprint density at radius 1 is 0.667 bits per heavy atom. The van der Waals surface area contributed by atoms with E-state index >= 15 is 0 Å². The molecule has 0 fully saturated rings. The smallest absolute Gasteiger partial charge is 0.545 e. The number of esters is 2. The first kappa shape index (κ1) is 23.9. The van der Waals surface area contributed by atoms with Gasteiger partial charge in [0.1, 0.15) is 11.5 Å². The van der Waals surface area contributed by atoms with Gasteiger partial charge in [0.05, 0.1) is 11.9 Å². The molecule has 0 aliphatic carbocycles. The molecule has 2 aromatic rings. The molecule has 0 saturated carbocycles. The van der Waals surface area contributed by atoms with Crippen molar-refractivity contribution < 1.29 is 58.3 Å². The van der Waals surface area contributed by atoms with Crippen molar-refractivity contribution in [3.05, 3.63) is 59.7 Å². The molecule has 0 aliphatic heterocycles. The summed E-state index contributed by atoms with van der Waals surface area (Å²) in [6.07, 6.45) is 0. The van der Waals surface area contributed by atoms with E-state index < -0.39 is 23.9 Å². The zero-order valence-corrected chi connectivity index (χ0v) is 17.6. The van der Waals surface area contributed by atoms with Crippen LogP contribution in [0.3, 0.4) is 0 Å². The Labute approximate surface area is 167 Å². The molecule has 0 aromatic heterocycles. The van der Waals surface area contributed by atoms with E-state index in [0.29, 0.717) is 0 Å². The molecule has 0 heterocycles. The summed E-state index contributed by atoms with van der Waals surface area (Å²) in [6.45, 7) is 2.40. The second-order valence-electron chi connectivity index (χ2n) is 4.75. The Morgan fingerprint density at radius 3 is 1.22 bits per heavy atom. The zero-order valence-electron chi connectivity index (χ0n) is 14.6. The van der Waals surface area contributed by atoms with Crippen molar-refractivity contribution in [1.29, 1.82) is 0 Å². The van der Waals surface area contributed by atoms with Gasteiger partial charge in [-0.3, -0.25) is 9.59 Å². The summed E-state index contributed by atoms with van der Waals surface area (Å²) in [6, 6.07) is 11.6. The van der Waals surface area contributed by atoms with Crippen LogP contribution < -0.4 is 19.7 Å². The van der Waals surface area contributed by atoms with Crippen molar-refractivity contribution in [3.8, 4) is 11.5 Å². The second kappa shape index (κ2) is 11.5. The Hall–Kier alpha value is -3.06. The maximum absolute atomic E-state index is 10.6. The first-order valence-corrected chi connectivity index (χ1v) is 7.20. The standard InChI is InChI=1S/2C9H8O4.Zn/c2*1-6(10)13-8-5-3-2-4-7(8)9(11)12;/h2*2-5H,1H3,(H,11,12);/q;;+2/p-2. The summed E-state index contributed by atoms with van der Waals surface area (Å²) in [4.78, 5) is 42.1. The van der Waals surface area contributed by atoms with Crippen molar-refractivity contribution in [2.24, 2.45) is 0 Å². The van der Waals surface area contributed by atoms with E-state index in [0.717, 1.165) is 0 Å². The van der Waals surface area contributed by atoms with Gasteiger partial charge in [-0.25, -0.2) is 0 Å². The van der Waals surface area contributed by atoms with E-state index in [9.17, 15) is 29.4 Å². The Balaban J connectivity index is 0.000000483. The van der Waals surface area contributed by atoms with E-state index in [1.54, 1.807) is 12.1 Å². The summed E-state index contributed by atoms with van der Waals surface area (Å²) >= 11 is 0. The molecule has 0 bridgehead atoms. The normalized spacial score (nSPS) is 8.96. The van der Waals surface area contributed by atoms with E-state index in [4.69, 9.17) is 0 Å². The molecule has 0 radical (unpaired) electrons. The van der Waals surface area contributed by atoms with Crippen LogP contribution in [-0.4, -0.2) is 23.9 Å². The van der Waals surface area contributed by atoms with E-state index in [2.05, 4.69) is 9.47 Å². The van der Waals surface area contributed by atoms with E-state index in [1.165, 1.54) is 50.2 Å². The number of ether oxygens (including phenoxy) is 2. The Bertz CT molecular complexity index is 762. The molecule has 2 rings (SSSR count). The maximum Gasteiger partial charge on any atom is 2.00 e. The van der Waals surface area contributed by atoms with Crippen LogP contribution in [0, 0.1) is 0 Å². The number of hydrogen-bond donors (Lipinski definition) is 0. The largest absolute Gasteiger partial charge is 2.00 e. The SMILES string of the molecule is CC(=O)Oc1ccccc1C(=O)[O-].CC(=O)Oc1ccccc1C(=O)[O-].[Zn+2]. The van der Waals surface area contributed by atoms with Gasteiger partial charge in [-0.05, 0) is 24.3 Å². The minimum atomic E-state index is -1.36. The second-order valence-corrected chi connectivity index (χ2v) is 4.75. The topological polar surface area (TPSA) is 133 Å². The van der Waals surface area contributed by atoms with Crippen LogP contribution in [0.5, 0.6) is 11.5 Å². The summed E-state index contributed by atoms with van der Waals surface area (Å²) in [7, 11) is 0. The number of para-hydroxylation sites is 2. The van der Waals surface area contributed by atoms with Gasteiger partial charge >= 0.3 is 31.4 Å². The number of benzene rings is 2. The van der Waals surface area contributed by atoms with Crippen LogP contribution in [0.15, 0.2) is 48.5 Å². The number of rotatable bonds is 4. The first-order valence-electron chi connectivity index (χ1n) is 7.20. The molecule has 0 unspecified atom stereocenters. The van der Waals surface area contributed by atoms with Gasteiger partial charge in [-0.15, -0.1) is 0 Å². The number of carbonyl (C=O) groups excluding carboxylic acids is 4. The molecule has 0 spiro atoms. The molecule has 27 heavy (non-hydrogen) atoms. The average Bonchev–Trinajstić information content (AvgIpc) is 2.55. The van der Waals surface area contributed by atoms with Gasteiger partial charge in [-0.2, -0.15) is 0 Å². The van der Waals surface area contributed by atoms with Crippen LogP contribution >= 0.6 is 0 Å². The molecule has 0 N–H and O–H groups in total. The summed E-state index contributed by atoms with van der Waals surface area (Å²) < 4.78 is 9.29. The van der Waals surface area contributed by atoms with Gasteiger partial charge in [0.15, 0.2) is 0 Å². The third-order valence-electron chi connectivity index (χ3n) is 2.72. The minimum absolute atomic E-state index is 0. The number of carboxylic acids is 2. The first-order chi connectivity index (χ1) is 12.2. The Kier molecular flexibility index (Phi) is 10.2. The predicted octanol–water partition coefficient (Wildman–Crippen LogP) is -0.0517.